The normalized spacial score (nSPS) is 16.7. The Morgan fingerprint density at radius 2 is 1.66 bits per heavy atom. The van der Waals surface area contributed by atoms with Crippen molar-refractivity contribution in [3.8, 4) is 0 Å². The standard InChI is InChI=1S/C28H27FN2O.C5H11NO.C2H6O.CH2O/c1-18-13-14-22(15-19(18)2)31-28(32)25-17-30-27(20(3)21-9-5-4-6-10-21)16-24(25)23-11-7-8-12-26(23)29;1-6-2-4-7-5-3-6;1-2-3;1-2/h4-15,17,20,27H,16H2,1-3H3,(H,31,32);2-5H2,1H3;3H,2H2,1H3;1H2. The van der Waals surface area contributed by atoms with Crippen LogP contribution in [0.2, 0.25) is 0 Å². The van der Waals surface area contributed by atoms with Crippen molar-refractivity contribution in [2.75, 3.05) is 45.3 Å². The minimum Gasteiger partial charge on any atom is -0.397 e. The zero-order chi connectivity index (χ0) is 32.5. The summed E-state index contributed by atoms with van der Waals surface area (Å²) in [5, 5.41) is 10.5. The van der Waals surface area contributed by atoms with E-state index < -0.39 is 0 Å². The molecule has 1 amide bonds. The van der Waals surface area contributed by atoms with Crippen molar-refractivity contribution in [3.05, 3.63) is 106 Å². The first-order chi connectivity index (χ1) is 21.2. The number of aliphatic hydroxyl groups is 1. The Labute approximate surface area is 261 Å². The minimum atomic E-state index is -0.333. The number of nitrogens with one attached hydrogen (secondary N) is 1. The van der Waals surface area contributed by atoms with Gasteiger partial charge in [0.1, 0.15) is 12.6 Å². The number of morpholine rings is 1. The van der Waals surface area contributed by atoms with Crippen molar-refractivity contribution in [3.63, 3.8) is 0 Å². The third-order valence-electron chi connectivity index (χ3n) is 7.48. The van der Waals surface area contributed by atoms with Crippen LogP contribution in [0.4, 0.5) is 10.1 Å². The molecule has 2 aliphatic rings. The Bertz CT molecular complexity index is 1370. The Hall–Kier alpha value is -3.98. The molecule has 236 valence electrons. The Kier molecular flexibility index (Phi) is 15.9. The predicted octanol–water partition coefficient (Wildman–Crippen LogP) is 6.24. The number of carbonyl (C=O) groups is 2. The predicted molar refractivity (Wildman–Crippen MR) is 178 cm³/mol. The van der Waals surface area contributed by atoms with Crippen LogP contribution in [0.1, 0.15) is 48.4 Å². The van der Waals surface area contributed by atoms with E-state index in [1.165, 1.54) is 11.6 Å². The number of aliphatic hydroxyl groups excluding tert-OH is 1. The lowest BCUT2D eigenvalue weighted by molar-refractivity contribution is -0.112. The molecule has 0 aromatic heterocycles. The second-order valence-electron chi connectivity index (χ2n) is 10.6. The Balaban J connectivity index is 0.000000477. The van der Waals surface area contributed by atoms with Crippen molar-refractivity contribution in [1.29, 1.82) is 0 Å². The van der Waals surface area contributed by atoms with Gasteiger partial charge in [0, 0.05) is 43.1 Å². The van der Waals surface area contributed by atoms with E-state index in [1.807, 2.05) is 57.0 Å². The topological polar surface area (TPSA) is 91.2 Å². The molecule has 7 nitrogen and oxygen atoms in total. The molecule has 2 heterocycles. The lowest BCUT2D eigenvalue weighted by Crippen LogP contribution is -2.32. The maximum atomic E-state index is 14.8. The fraction of sp³-hybridized carbons (Fsp3) is 0.361. The molecule has 2 atom stereocenters. The number of halogens is 1. The van der Waals surface area contributed by atoms with Crippen molar-refractivity contribution < 1.29 is 23.8 Å². The number of aliphatic imine (C=N–C) groups is 1. The number of rotatable bonds is 5. The van der Waals surface area contributed by atoms with E-state index in [-0.39, 0.29) is 30.3 Å². The van der Waals surface area contributed by atoms with Crippen molar-refractivity contribution >= 4 is 30.2 Å². The molecule has 0 bridgehead atoms. The van der Waals surface area contributed by atoms with Gasteiger partial charge >= 0.3 is 0 Å². The summed E-state index contributed by atoms with van der Waals surface area (Å²) < 4.78 is 19.9. The molecule has 8 heteroatoms. The molecule has 1 saturated heterocycles. The number of carbonyl (C=O) groups excluding carboxylic acids is 2. The van der Waals surface area contributed by atoms with Gasteiger partial charge in [-0.2, -0.15) is 0 Å². The van der Waals surface area contributed by atoms with E-state index in [0.717, 1.165) is 37.4 Å². The van der Waals surface area contributed by atoms with Gasteiger partial charge in [0.15, 0.2) is 0 Å². The third kappa shape index (κ3) is 10.9. The maximum Gasteiger partial charge on any atom is 0.257 e. The number of likely N-dealkylation sites (N-methyl/N-ethyl adjacent to an activating group) is 1. The fourth-order valence-electron chi connectivity index (χ4n) is 4.73. The summed E-state index contributed by atoms with van der Waals surface area (Å²) in [4.78, 5) is 28.2. The number of dihydropyridines is 1. The highest BCUT2D eigenvalue weighted by atomic mass is 19.1. The summed E-state index contributed by atoms with van der Waals surface area (Å²) in [6, 6.07) is 22.5. The first-order valence-electron chi connectivity index (χ1n) is 14.9. The lowest BCUT2D eigenvalue weighted by atomic mass is 9.84. The van der Waals surface area contributed by atoms with Crippen LogP contribution in [0.5, 0.6) is 0 Å². The van der Waals surface area contributed by atoms with Crippen LogP contribution in [-0.4, -0.2) is 74.9 Å². The zero-order valence-corrected chi connectivity index (χ0v) is 26.6. The lowest BCUT2D eigenvalue weighted by Gasteiger charge is -2.27. The van der Waals surface area contributed by atoms with Crippen LogP contribution in [0.3, 0.4) is 0 Å². The molecule has 0 saturated carbocycles. The highest BCUT2D eigenvalue weighted by molar-refractivity contribution is 6.23. The fourth-order valence-corrected chi connectivity index (χ4v) is 4.73. The van der Waals surface area contributed by atoms with E-state index in [4.69, 9.17) is 19.6 Å². The van der Waals surface area contributed by atoms with Gasteiger partial charge in [-0.25, -0.2) is 4.39 Å². The van der Waals surface area contributed by atoms with Crippen molar-refractivity contribution in [2.24, 2.45) is 4.99 Å². The molecule has 3 aromatic rings. The van der Waals surface area contributed by atoms with Gasteiger partial charge in [0.25, 0.3) is 5.91 Å². The second-order valence-corrected chi connectivity index (χ2v) is 10.6. The van der Waals surface area contributed by atoms with Crippen LogP contribution in [0, 0.1) is 19.7 Å². The maximum absolute atomic E-state index is 14.8. The SMILES string of the molecule is C=O.CCO.CN1CCOCC1.Cc1ccc(NC(=O)C2=C(c3ccccc3F)CC(C(C)c3ccccc3)N=C2)cc1C. The number of ether oxygens (including phenoxy) is 1. The summed E-state index contributed by atoms with van der Waals surface area (Å²) in [7, 11) is 2.11. The van der Waals surface area contributed by atoms with Crippen LogP contribution >= 0.6 is 0 Å². The van der Waals surface area contributed by atoms with E-state index in [1.54, 1.807) is 31.3 Å². The van der Waals surface area contributed by atoms with Gasteiger partial charge in [-0.15, -0.1) is 0 Å². The molecule has 3 aromatic carbocycles. The number of amides is 1. The zero-order valence-electron chi connectivity index (χ0n) is 26.6. The number of hydrogen-bond donors (Lipinski definition) is 2. The quantitative estimate of drug-likeness (QED) is 0.360. The molecule has 2 unspecified atom stereocenters. The first kappa shape index (κ1) is 36.2. The number of benzene rings is 3. The highest BCUT2D eigenvalue weighted by Crippen LogP contribution is 2.35. The molecule has 0 aliphatic carbocycles. The van der Waals surface area contributed by atoms with Gasteiger partial charge in [-0.3, -0.25) is 9.79 Å². The van der Waals surface area contributed by atoms with Gasteiger partial charge in [0.2, 0.25) is 0 Å². The summed E-state index contributed by atoms with van der Waals surface area (Å²) >= 11 is 0. The van der Waals surface area contributed by atoms with E-state index in [9.17, 15) is 9.18 Å². The highest BCUT2D eigenvalue weighted by Gasteiger charge is 2.28. The van der Waals surface area contributed by atoms with E-state index >= 15 is 0 Å². The molecule has 2 N–H and O–H groups in total. The molecular weight excluding hydrogens is 557 g/mol. The number of aryl methyl sites for hydroxylation is 2. The van der Waals surface area contributed by atoms with Crippen LogP contribution in [0.25, 0.3) is 5.57 Å². The molecular formula is C36H46FN3O4. The largest absolute Gasteiger partial charge is 0.397 e. The van der Waals surface area contributed by atoms with Gasteiger partial charge in [0.05, 0.1) is 24.8 Å². The third-order valence-corrected chi connectivity index (χ3v) is 7.48. The second kappa shape index (κ2) is 19.3. The summed E-state index contributed by atoms with van der Waals surface area (Å²) in [6.45, 7) is 14.1. The van der Waals surface area contributed by atoms with Gasteiger partial charge in [-0.05, 0) is 74.7 Å². The number of nitrogens with zero attached hydrogens (tertiary/aromatic N) is 2. The summed E-state index contributed by atoms with van der Waals surface area (Å²) in [6.07, 6.45) is 2.11. The van der Waals surface area contributed by atoms with E-state index in [0.29, 0.717) is 28.8 Å². The van der Waals surface area contributed by atoms with Crippen molar-refractivity contribution in [1.82, 2.24) is 4.90 Å². The van der Waals surface area contributed by atoms with Crippen molar-refractivity contribution in [2.45, 2.75) is 46.1 Å². The Morgan fingerprint density at radius 1 is 1.05 bits per heavy atom. The van der Waals surface area contributed by atoms with Crippen LogP contribution < -0.4 is 5.32 Å². The molecule has 0 spiro atoms. The molecule has 5 rings (SSSR count). The monoisotopic (exact) mass is 603 g/mol. The average molecular weight is 604 g/mol. The number of hydrogen-bond acceptors (Lipinski definition) is 6. The molecule has 44 heavy (non-hydrogen) atoms. The molecule has 1 fully saturated rings. The molecule has 0 radical (unpaired) electrons. The summed E-state index contributed by atoms with van der Waals surface area (Å²) in [5.41, 5.74) is 5.69. The van der Waals surface area contributed by atoms with Gasteiger partial charge < -0.3 is 24.9 Å². The van der Waals surface area contributed by atoms with Crippen LogP contribution in [-0.2, 0) is 14.3 Å². The smallest absolute Gasteiger partial charge is 0.257 e. The van der Waals surface area contributed by atoms with Crippen LogP contribution in [0.15, 0.2) is 83.4 Å². The minimum absolute atomic E-state index is 0.0785. The summed E-state index contributed by atoms with van der Waals surface area (Å²) in [5.74, 6) is -0.472. The molecule has 2 aliphatic heterocycles. The average Bonchev–Trinajstić information content (AvgIpc) is 3.05. The van der Waals surface area contributed by atoms with Gasteiger partial charge in [-0.1, -0.05) is 61.5 Å². The first-order valence-corrected chi connectivity index (χ1v) is 14.9. The van der Waals surface area contributed by atoms with E-state index in [2.05, 4.69) is 36.3 Å². The Morgan fingerprint density at radius 3 is 2.23 bits per heavy atom. The number of anilines is 1.